The molecule has 1 aromatic carbocycles. The molecule has 0 radical (unpaired) electrons. The van der Waals surface area contributed by atoms with Gasteiger partial charge >= 0.3 is 0 Å². The van der Waals surface area contributed by atoms with Gasteiger partial charge in [0.05, 0.1) is 0 Å². The molecule has 1 aromatic rings. The molecule has 1 nitrogen and oxygen atoms in total. The maximum atomic E-state index is 3.04. The molecule has 5 rings (SSSR count). The average molecular weight is 827 g/mol. The molecule has 59 heavy (non-hydrogen) atoms. The van der Waals surface area contributed by atoms with E-state index in [0.29, 0.717) is 11.8 Å². The second-order valence-electron chi connectivity index (χ2n) is 23.3. The predicted octanol–water partition coefficient (Wildman–Crippen LogP) is 18.4. The Balaban J connectivity index is 1.35. The first-order valence-electron chi connectivity index (χ1n) is 26.7. The second-order valence-corrected chi connectivity index (χ2v) is 27.8. The Morgan fingerprint density at radius 3 is 1.42 bits per heavy atom. The van der Waals surface area contributed by atoms with Crippen molar-refractivity contribution in [1.82, 2.24) is 4.57 Å². The Morgan fingerprint density at radius 2 is 0.983 bits per heavy atom. The van der Waals surface area contributed by atoms with Gasteiger partial charge in [0, 0.05) is 16.5 Å². The fourth-order valence-corrected chi connectivity index (χ4v) is 20.0. The van der Waals surface area contributed by atoms with Crippen molar-refractivity contribution in [1.29, 1.82) is 0 Å². The first-order valence-corrected chi connectivity index (χ1v) is 29.7. The van der Waals surface area contributed by atoms with Crippen LogP contribution >= 0.6 is 0 Å². The molecule has 0 N–H and O–H groups in total. The minimum atomic E-state index is -1.82. The quantitative estimate of drug-likeness (QED) is 0.0601. The molecular formula is C57H99NSi. The highest BCUT2D eigenvalue weighted by atomic mass is 28.3. The van der Waals surface area contributed by atoms with Gasteiger partial charge in [-0.15, -0.1) is 0 Å². The molecule has 0 bridgehead atoms. The summed E-state index contributed by atoms with van der Waals surface area (Å²) in [5.41, 5.74) is 11.7. The number of nitrogens with zero attached hydrogens (tertiary/aromatic N) is 1. The van der Waals surface area contributed by atoms with Crippen molar-refractivity contribution in [2.75, 3.05) is 0 Å². The van der Waals surface area contributed by atoms with Crippen LogP contribution in [0.5, 0.6) is 0 Å². The van der Waals surface area contributed by atoms with E-state index in [1.807, 2.05) is 5.57 Å². The normalized spacial score (nSPS) is 21.1. The summed E-state index contributed by atoms with van der Waals surface area (Å²) in [5, 5.41) is 0. The van der Waals surface area contributed by atoms with E-state index in [4.69, 9.17) is 0 Å². The molecule has 336 valence electrons. The van der Waals surface area contributed by atoms with E-state index in [9.17, 15) is 0 Å². The number of hydrogen-bond acceptors (Lipinski definition) is 1. The van der Waals surface area contributed by atoms with Gasteiger partial charge in [0.25, 0.3) is 0 Å². The third-order valence-electron chi connectivity index (χ3n) is 16.1. The number of rotatable bonds is 28. The molecule has 0 heterocycles. The number of benzene rings is 1. The van der Waals surface area contributed by atoms with Crippen LogP contribution in [-0.2, 0) is 18.3 Å². The predicted molar refractivity (Wildman–Crippen MR) is 266 cm³/mol. The highest BCUT2D eigenvalue weighted by molar-refractivity contribution is 6.76. The number of fused-ring (bicyclic) bond motifs is 5. The molecule has 2 heteroatoms. The van der Waals surface area contributed by atoms with Gasteiger partial charge in [0.1, 0.15) is 8.24 Å². The molecule has 0 saturated heterocycles. The van der Waals surface area contributed by atoms with Crippen molar-refractivity contribution in [2.24, 2.45) is 11.8 Å². The van der Waals surface area contributed by atoms with Gasteiger partial charge in [0.15, 0.2) is 0 Å². The maximum absolute atomic E-state index is 3.04. The van der Waals surface area contributed by atoms with Crippen molar-refractivity contribution in [3.63, 3.8) is 0 Å². The molecule has 1 fully saturated rings. The van der Waals surface area contributed by atoms with Crippen molar-refractivity contribution in [3.05, 3.63) is 52.1 Å². The zero-order valence-corrected chi connectivity index (χ0v) is 42.4. The van der Waals surface area contributed by atoms with Gasteiger partial charge in [0.2, 0.25) is 0 Å². The maximum Gasteiger partial charge on any atom is 0.126 e. The Morgan fingerprint density at radius 1 is 0.559 bits per heavy atom. The number of hydrogen-bond donors (Lipinski definition) is 0. The highest BCUT2D eigenvalue weighted by Crippen LogP contribution is 2.62. The summed E-state index contributed by atoms with van der Waals surface area (Å²) in [7, 11) is -1.82. The third kappa shape index (κ3) is 12.8. The molecule has 0 aromatic heterocycles. The average Bonchev–Trinajstić information content (AvgIpc) is 3.88. The van der Waals surface area contributed by atoms with Crippen LogP contribution in [0, 0.1) is 11.8 Å². The van der Waals surface area contributed by atoms with Gasteiger partial charge in [-0.2, -0.15) is 0 Å². The Labute approximate surface area is 370 Å². The van der Waals surface area contributed by atoms with E-state index < -0.39 is 8.24 Å². The molecule has 3 atom stereocenters. The van der Waals surface area contributed by atoms with Crippen LogP contribution in [0.15, 0.2) is 29.9 Å². The van der Waals surface area contributed by atoms with E-state index in [-0.39, 0.29) is 16.5 Å². The monoisotopic (exact) mass is 826 g/mol. The molecule has 0 aliphatic heterocycles. The lowest BCUT2D eigenvalue weighted by atomic mass is 9.68. The lowest BCUT2D eigenvalue weighted by Crippen LogP contribution is -2.67. The standard InChI is InChI=1S/C57H99NSi/c1-11-13-15-17-19-21-23-25-27-29-31-33-40-57(41-34-32-30-28-26-24-22-20-18-16-14-12-2)52-44-47-37-35-36-46(47)42-50(52)51-43-48-38-39-54(49(48)45-53(51)57)59(9,10)58(55(3,4)5)56(6,7)8/h42-45,48-49,54H,11-41H2,1-10H3. The Hall–Kier alpha value is -1.12. The summed E-state index contributed by atoms with van der Waals surface area (Å²) >= 11 is 0. The summed E-state index contributed by atoms with van der Waals surface area (Å²) in [4.78, 5) is 0. The van der Waals surface area contributed by atoms with Crippen molar-refractivity contribution < 1.29 is 0 Å². The van der Waals surface area contributed by atoms with E-state index in [1.54, 1.807) is 27.8 Å². The van der Waals surface area contributed by atoms with E-state index in [1.165, 1.54) is 199 Å². The van der Waals surface area contributed by atoms with E-state index >= 15 is 0 Å². The van der Waals surface area contributed by atoms with Crippen LogP contribution in [0.1, 0.15) is 264 Å². The molecular weight excluding hydrogens is 727 g/mol. The molecule has 3 unspecified atom stereocenters. The summed E-state index contributed by atoms with van der Waals surface area (Å²) < 4.78 is 3.04. The second kappa shape index (κ2) is 23.0. The van der Waals surface area contributed by atoms with E-state index in [0.717, 1.165) is 5.54 Å². The van der Waals surface area contributed by atoms with E-state index in [2.05, 4.69) is 97.3 Å². The molecule has 4 aliphatic carbocycles. The van der Waals surface area contributed by atoms with Crippen molar-refractivity contribution in [3.8, 4) is 0 Å². The highest BCUT2D eigenvalue weighted by Gasteiger charge is 2.55. The summed E-state index contributed by atoms with van der Waals surface area (Å²) in [6, 6.07) is 5.56. The van der Waals surface area contributed by atoms with Crippen LogP contribution < -0.4 is 0 Å². The van der Waals surface area contributed by atoms with Crippen molar-refractivity contribution in [2.45, 2.75) is 290 Å². The largest absolute Gasteiger partial charge is 0.314 e. The smallest absolute Gasteiger partial charge is 0.126 e. The fraction of sp³-hybridized carbons (Fsp3) is 0.825. The van der Waals surface area contributed by atoms with Gasteiger partial charge in [-0.3, -0.25) is 0 Å². The van der Waals surface area contributed by atoms with Crippen LogP contribution in [0.2, 0.25) is 18.6 Å². The third-order valence-corrected chi connectivity index (χ3v) is 21.1. The SMILES string of the molecule is CCCCCCCCCCCCCCC1(CCCCCCCCCCCCCC)C2=CC3C(C=C2c2cc4c(cc21)CCC4)CCC3[Si](C)(C)N(C(C)(C)C)C(C)(C)C. The number of unbranched alkanes of at least 4 members (excludes halogenated alkanes) is 22. The van der Waals surface area contributed by atoms with Crippen LogP contribution in [0.4, 0.5) is 0 Å². The van der Waals surface area contributed by atoms with Gasteiger partial charge in [-0.05, 0) is 131 Å². The summed E-state index contributed by atoms with van der Waals surface area (Å²) in [6.07, 6.45) is 49.9. The lowest BCUT2D eigenvalue weighted by molar-refractivity contribution is 0.122. The van der Waals surface area contributed by atoms with Gasteiger partial charge < -0.3 is 4.57 Å². The molecule has 0 spiro atoms. The lowest BCUT2D eigenvalue weighted by Gasteiger charge is -2.57. The first-order chi connectivity index (χ1) is 28.3. The topological polar surface area (TPSA) is 3.24 Å². The van der Waals surface area contributed by atoms with Crippen LogP contribution in [-0.4, -0.2) is 23.9 Å². The molecule has 0 amide bonds. The first kappa shape index (κ1) is 48.9. The van der Waals surface area contributed by atoms with Crippen molar-refractivity contribution >= 4 is 13.8 Å². The van der Waals surface area contributed by atoms with Gasteiger partial charge in [-0.25, -0.2) is 0 Å². The zero-order chi connectivity index (χ0) is 42.5. The fourth-order valence-electron chi connectivity index (χ4n) is 14.0. The summed E-state index contributed by atoms with van der Waals surface area (Å²) in [5.74, 6) is 1.41. The number of allylic oxidation sites excluding steroid dienone is 4. The Bertz CT molecular complexity index is 1420. The summed E-state index contributed by atoms with van der Waals surface area (Å²) in [6.45, 7) is 25.2. The zero-order valence-electron chi connectivity index (χ0n) is 41.4. The van der Waals surface area contributed by atoms with Gasteiger partial charge in [-0.1, -0.05) is 212 Å². The van der Waals surface area contributed by atoms with Crippen LogP contribution in [0.25, 0.3) is 5.57 Å². The molecule has 4 aliphatic rings. The number of aryl methyl sites for hydroxylation is 2. The van der Waals surface area contributed by atoms with Crippen LogP contribution in [0.3, 0.4) is 0 Å². The molecule has 1 saturated carbocycles. The minimum Gasteiger partial charge on any atom is -0.314 e. The Kier molecular flexibility index (Phi) is 19.1. The minimum absolute atomic E-state index is 0.173.